The van der Waals surface area contributed by atoms with Gasteiger partial charge >= 0.3 is 0 Å². The molecule has 7 nitrogen and oxygen atoms in total. The minimum atomic E-state index is -3.65. The van der Waals surface area contributed by atoms with Crippen LogP contribution in [0.5, 0.6) is 0 Å². The molecule has 0 aliphatic carbocycles. The molecule has 0 spiro atoms. The zero-order valence-corrected chi connectivity index (χ0v) is 19.8. The number of anilines is 1. The largest absolute Gasteiger partial charge is 0.326 e. The monoisotopic (exact) mass is 455 g/mol. The van der Waals surface area contributed by atoms with E-state index in [1.165, 1.54) is 15.3 Å². The topological polar surface area (TPSA) is 86.8 Å². The summed E-state index contributed by atoms with van der Waals surface area (Å²) in [4.78, 5) is 27.0. The van der Waals surface area contributed by atoms with Crippen LogP contribution in [0.1, 0.15) is 47.3 Å². The SMILES string of the molecule is C=C1c2ccccc2C(=O)N1CCC(=O)Nc1cc(S(=O)(=O)N(CC)CC)cc(C)c1C. The number of rotatable bonds is 8. The molecule has 1 N–H and O–H groups in total. The Morgan fingerprint density at radius 2 is 1.72 bits per heavy atom. The van der Waals surface area contributed by atoms with E-state index in [-0.39, 0.29) is 29.7 Å². The predicted octanol–water partition coefficient (Wildman–Crippen LogP) is 3.79. The third-order valence-corrected chi connectivity index (χ3v) is 7.89. The van der Waals surface area contributed by atoms with Gasteiger partial charge in [0.05, 0.1) is 4.90 Å². The van der Waals surface area contributed by atoms with E-state index in [0.29, 0.717) is 30.0 Å². The van der Waals surface area contributed by atoms with Gasteiger partial charge < -0.3 is 10.2 Å². The summed E-state index contributed by atoms with van der Waals surface area (Å²) in [7, 11) is -3.65. The van der Waals surface area contributed by atoms with E-state index in [4.69, 9.17) is 0 Å². The highest BCUT2D eigenvalue weighted by atomic mass is 32.2. The van der Waals surface area contributed by atoms with Gasteiger partial charge in [0.1, 0.15) is 0 Å². The summed E-state index contributed by atoms with van der Waals surface area (Å²) in [6, 6.07) is 10.4. The van der Waals surface area contributed by atoms with Gasteiger partial charge in [0.15, 0.2) is 0 Å². The first-order valence-corrected chi connectivity index (χ1v) is 12.1. The normalized spacial score (nSPS) is 13.6. The lowest BCUT2D eigenvalue weighted by molar-refractivity contribution is -0.116. The molecule has 0 fully saturated rings. The molecule has 170 valence electrons. The summed E-state index contributed by atoms with van der Waals surface area (Å²) in [6.45, 7) is 12.1. The van der Waals surface area contributed by atoms with Crippen molar-refractivity contribution in [2.75, 3.05) is 25.0 Å². The molecule has 1 heterocycles. The number of carbonyl (C=O) groups excluding carboxylic acids is 2. The number of sulfonamides is 1. The molecule has 0 bridgehead atoms. The first kappa shape index (κ1) is 23.7. The molecule has 2 aromatic carbocycles. The molecule has 1 aliphatic rings. The lowest BCUT2D eigenvalue weighted by Gasteiger charge is -2.21. The van der Waals surface area contributed by atoms with Crippen LogP contribution in [0.4, 0.5) is 5.69 Å². The first-order valence-electron chi connectivity index (χ1n) is 10.6. The van der Waals surface area contributed by atoms with Crippen molar-refractivity contribution >= 4 is 33.2 Å². The number of benzene rings is 2. The summed E-state index contributed by atoms with van der Waals surface area (Å²) in [5.41, 5.74) is 3.96. The Morgan fingerprint density at radius 3 is 2.31 bits per heavy atom. The fraction of sp³-hybridized carbons (Fsp3) is 0.333. The lowest BCUT2D eigenvalue weighted by atomic mass is 10.1. The standard InChI is InChI=1S/C24H29N3O4S/c1-6-26(7-2)32(30,31)19-14-16(3)17(4)22(15-19)25-23(28)12-13-27-18(5)20-10-8-9-11-21(20)24(27)29/h8-11,14-15H,5-7,12-13H2,1-4H3,(H,25,28). The summed E-state index contributed by atoms with van der Waals surface area (Å²) >= 11 is 0. The van der Waals surface area contributed by atoms with Gasteiger partial charge in [-0.3, -0.25) is 9.59 Å². The summed E-state index contributed by atoms with van der Waals surface area (Å²) < 4.78 is 27.3. The first-order chi connectivity index (χ1) is 15.1. The molecule has 0 atom stereocenters. The van der Waals surface area contributed by atoms with E-state index < -0.39 is 10.0 Å². The highest BCUT2D eigenvalue weighted by molar-refractivity contribution is 7.89. The molecule has 0 radical (unpaired) electrons. The van der Waals surface area contributed by atoms with Crippen molar-refractivity contribution < 1.29 is 18.0 Å². The van der Waals surface area contributed by atoms with Crippen LogP contribution in [0.15, 0.2) is 47.9 Å². The maximum atomic E-state index is 12.9. The highest BCUT2D eigenvalue weighted by Gasteiger charge is 2.30. The fourth-order valence-electron chi connectivity index (χ4n) is 3.81. The molecule has 2 aromatic rings. The van der Waals surface area contributed by atoms with E-state index in [9.17, 15) is 18.0 Å². The number of fused-ring (bicyclic) bond motifs is 1. The van der Waals surface area contributed by atoms with Gasteiger partial charge in [0.25, 0.3) is 5.91 Å². The average Bonchev–Trinajstić information content (AvgIpc) is 3.00. The molecule has 32 heavy (non-hydrogen) atoms. The third-order valence-electron chi connectivity index (χ3n) is 5.86. The second-order valence-electron chi connectivity index (χ2n) is 7.75. The van der Waals surface area contributed by atoms with Crippen molar-refractivity contribution in [2.24, 2.45) is 0 Å². The quantitative estimate of drug-likeness (QED) is 0.656. The summed E-state index contributed by atoms with van der Waals surface area (Å²) in [5, 5.41) is 2.82. The predicted molar refractivity (Wildman–Crippen MR) is 126 cm³/mol. The van der Waals surface area contributed by atoms with Crippen LogP contribution in [0.3, 0.4) is 0 Å². The number of nitrogens with one attached hydrogen (secondary N) is 1. The van der Waals surface area contributed by atoms with Crippen molar-refractivity contribution in [1.82, 2.24) is 9.21 Å². The number of hydrogen-bond donors (Lipinski definition) is 1. The Morgan fingerprint density at radius 1 is 1.09 bits per heavy atom. The van der Waals surface area contributed by atoms with Crippen molar-refractivity contribution in [3.05, 3.63) is 65.2 Å². The maximum Gasteiger partial charge on any atom is 0.258 e. The summed E-state index contributed by atoms with van der Waals surface area (Å²) in [5.74, 6) is -0.473. The molecule has 0 saturated heterocycles. The minimum absolute atomic E-state index is 0.0598. The van der Waals surface area contributed by atoms with Crippen molar-refractivity contribution in [3.63, 3.8) is 0 Å². The molecule has 1 aliphatic heterocycles. The Hall–Kier alpha value is -2.97. The van der Waals surface area contributed by atoms with Crippen molar-refractivity contribution in [2.45, 2.75) is 39.0 Å². The Kier molecular flexibility index (Phi) is 6.85. The van der Waals surface area contributed by atoms with Crippen LogP contribution >= 0.6 is 0 Å². The third kappa shape index (κ3) is 4.33. The number of hydrogen-bond acceptors (Lipinski definition) is 4. The van der Waals surface area contributed by atoms with Crippen LogP contribution in [-0.4, -0.2) is 49.1 Å². The van der Waals surface area contributed by atoms with Gasteiger partial charge in [-0.1, -0.05) is 38.6 Å². The highest BCUT2D eigenvalue weighted by Crippen LogP contribution is 2.31. The van der Waals surface area contributed by atoms with E-state index in [0.717, 1.165) is 16.7 Å². The lowest BCUT2D eigenvalue weighted by Crippen LogP contribution is -2.31. The van der Waals surface area contributed by atoms with Crippen LogP contribution < -0.4 is 5.32 Å². The molecular formula is C24H29N3O4S. The number of amides is 2. The van der Waals surface area contributed by atoms with Crippen LogP contribution in [-0.2, 0) is 14.8 Å². The van der Waals surface area contributed by atoms with E-state index in [1.54, 1.807) is 32.0 Å². The Balaban J connectivity index is 1.75. The smallest absolute Gasteiger partial charge is 0.258 e. The molecular weight excluding hydrogens is 426 g/mol. The van der Waals surface area contributed by atoms with Crippen molar-refractivity contribution in [1.29, 1.82) is 0 Å². The molecule has 2 amide bonds. The van der Waals surface area contributed by atoms with Crippen molar-refractivity contribution in [3.8, 4) is 0 Å². The summed E-state index contributed by atoms with van der Waals surface area (Å²) in [6.07, 6.45) is 0.0598. The maximum absolute atomic E-state index is 12.9. The molecule has 0 saturated carbocycles. The van der Waals surface area contributed by atoms with E-state index in [1.807, 2.05) is 26.0 Å². The minimum Gasteiger partial charge on any atom is -0.326 e. The average molecular weight is 456 g/mol. The van der Waals surface area contributed by atoms with Gasteiger partial charge in [-0.05, 0) is 43.2 Å². The number of carbonyl (C=O) groups is 2. The van der Waals surface area contributed by atoms with Crippen LogP contribution in [0.2, 0.25) is 0 Å². The number of nitrogens with zero attached hydrogens (tertiary/aromatic N) is 2. The van der Waals surface area contributed by atoms with Gasteiger partial charge in [0.2, 0.25) is 15.9 Å². The molecule has 0 aromatic heterocycles. The number of aryl methyl sites for hydroxylation is 1. The second kappa shape index (κ2) is 9.26. The zero-order chi connectivity index (χ0) is 23.6. The van der Waals surface area contributed by atoms with Gasteiger partial charge in [-0.2, -0.15) is 4.31 Å². The molecule has 0 unspecified atom stereocenters. The van der Waals surface area contributed by atoms with Crippen LogP contribution in [0.25, 0.3) is 5.70 Å². The zero-order valence-electron chi connectivity index (χ0n) is 18.9. The molecule has 8 heteroatoms. The Labute approximate surface area is 189 Å². The van der Waals surface area contributed by atoms with E-state index >= 15 is 0 Å². The van der Waals surface area contributed by atoms with Gasteiger partial charge in [-0.25, -0.2) is 8.42 Å². The van der Waals surface area contributed by atoms with Crippen LogP contribution in [0, 0.1) is 13.8 Å². The van der Waals surface area contributed by atoms with Gasteiger partial charge in [0, 0.05) is 48.6 Å². The fourth-order valence-corrected chi connectivity index (χ4v) is 5.39. The molecule has 3 rings (SSSR count). The second-order valence-corrected chi connectivity index (χ2v) is 9.69. The Bertz CT molecular complexity index is 1150. The van der Waals surface area contributed by atoms with E-state index in [2.05, 4.69) is 11.9 Å². The van der Waals surface area contributed by atoms with Gasteiger partial charge in [-0.15, -0.1) is 0 Å².